The van der Waals surface area contributed by atoms with Crippen LogP contribution in [0.25, 0.3) is 0 Å². The van der Waals surface area contributed by atoms with E-state index in [1.807, 2.05) is 0 Å². The summed E-state index contributed by atoms with van der Waals surface area (Å²) in [5.41, 5.74) is 0. The first-order chi connectivity index (χ1) is 3.39. The maximum atomic E-state index is 5.18. The van der Waals surface area contributed by atoms with Crippen LogP contribution in [0.3, 0.4) is 0 Å². The monoisotopic (exact) mass is 214 g/mol. The fraction of sp³-hybridized carbons (Fsp3) is 1.00. The van der Waals surface area contributed by atoms with E-state index < -0.39 is 0 Å². The van der Waals surface area contributed by atoms with Crippen LogP contribution in [-0.2, 0) is 4.74 Å². The van der Waals surface area contributed by atoms with Gasteiger partial charge in [-0.05, 0) is 0 Å². The van der Waals surface area contributed by atoms with Crippen molar-refractivity contribution in [3.63, 3.8) is 0 Å². The van der Waals surface area contributed by atoms with Gasteiger partial charge in [0, 0.05) is 0 Å². The molecule has 7 heavy (non-hydrogen) atoms. The van der Waals surface area contributed by atoms with Gasteiger partial charge < -0.3 is 0 Å². The Hall–Kier alpha value is 0.690. The second-order valence-electron chi connectivity index (χ2n) is 1.71. The topological polar surface area (TPSA) is 9.23 Å². The Bertz CT molecular complexity index is 50.0. The zero-order chi connectivity index (χ0) is 5.11. The molecule has 1 rings (SSSR count). The molecule has 2 heteroatoms. The van der Waals surface area contributed by atoms with E-state index in [-0.39, 0.29) is 19.8 Å². The third-order valence-electron chi connectivity index (χ3n) is 1.09. The molecule has 0 aliphatic carbocycles. The molecule has 44 valence electrons. The molecule has 0 radical (unpaired) electrons. The Morgan fingerprint density at radius 3 is 2.14 bits per heavy atom. The number of ether oxygens (including phenoxy) is 1. The number of alkyl halides is 3. The van der Waals surface area contributed by atoms with Crippen molar-refractivity contribution in [2.45, 2.75) is 0 Å². The predicted octanol–water partition coefficient (Wildman–Crippen LogP) is 1.15. The van der Waals surface area contributed by atoms with E-state index in [9.17, 15) is 0 Å². The average molecular weight is 214 g/mol. The molecule has 1 aliphatic rings. The molecule has 0 spiro atoms. The Morgan fingerprint density at radius 1 is 1.29 bits per heavy atom. The van der Waals surface area contributed by atoms with Crippen LogP contribution in [0.15, 0.2) is 0 Å². The minimum absolute atomic E-state index is 0.364. The summed E-state index contributed by atoms with van der Waals surface area (Å²) in [5, 5.41) is 0. The summed E-state index contributed by atoms with van der Waals surface area (Å²) in [6.45, 7) is 2.11. The number of rotatable bonds is 0. The van der Waals surface area contributed by atoms with Crippen LogP contribution in [0.4, 0.5) is 0 Å². The first kappa shape index (κ1) is 5.82. The first-order valence-corrected chi connectivity index (χ1v) is 7.70. The van der Waals surface area contributed by atoms with Gasteiger partial charge in [-0.1, -0.05) is 0 Å². The molecule has 0 saturated carbocycles. The Morgan fingerprint density at radius 2 is 1.86 bits per heavy atom. The van der Waals surface area contributed by atoms with Crippen molar-refractivity contribution in [1.82, 2.24) is 0 Å². The average Bonchev–Trinajstić information content (AvgIpc) is 1.69. The molecular formula is C5H11IO. The normalized spacial score (nSPS) is 27.9. The maximum absolute atomic E-state index is 5.18. The van der Waals surface area contributed by atoms with Gasteiger partial charge in [-0.15, -0.1) is 0 Å². The molecule has 0 N–H and O–H groups in total. The van der Waals surface area contributed by atoms with E-state index in [2.05, 4.69) is 4.93 Å². The summed E-state index contributed by atoms with van der Waals surface area (Å²) in [7, 11) is 0. The van der Waals surface area contributed by atoms with Crippen LogP contribution in [0.5, 0.6) is 0 Å². The molecule has 1 nitrogen and oxygen atoms in total. The van der Waals surface area contributed by atoms with Crippen molar-refractivity contribution >= 4 is 19.8 Å². The summed E-state index contributed by atoms with van der Waals surface area (Å²) in [5.74, 6) is 0. The van der Waals surface area contributed by atoms with Gasteiger partial charge in [-0.3, -0.25) is 0 Å². The number of hydrogen-bond donors (Lipinski definition) is 0. The van der Waals surface area contributed by atoms with Crippen LogP contribution in [0.1, 0.15) is 0 Å². The van der Waals surface area contributed by atoms with Crippen molar-refractivity contribution in [3.8, 4) is 0 Å². The van der Waals surface area contributed by atoms with E-state index in [4.69, 9.17) is 4.74 Å². The van der Waals surface area contributed by atoms with E-state index in [1.165, 1.54) is 8.86 Å². The molecule has 0 aromatic rings. The van der Waals surface area contributed by atoms with Gasteiger partial charge in [-0.25, -0.2) is 0 Å². The molecule has 0 unspecified atom stereocenters. The summed E-state index contributed by atoms with van der Waals surface area (Å²) in [6, 6.07) is 0. The second-order valence-corrected chi connectivity index (χ2v) is 8.00. The van der Waals surface area contributed by atoms with Crippen LogP contribution in [-0.4, -0.2) is 27.0 Å². The molecule has 1 fully saturated rings. The molecule has 0 amide bonds. The minimum atomic E-state index is -0.364. The standard InChI is InChI=1S/C5H11IO/c1-6-2-4-7-5-3-6/h2-5H2,1H3. The number of halogens is 1. The fourth-order valence-corrected chi connectivity index (χ4v) is 3.23. The molecule has 0 aromatic carbocycles. The Balaban J connectivity index is 2.12. The first-order valence-electron chi connectivity index (χ1n) is 2.49. The zero-order valence-electron chi connectivity index (χ0n) is 4.61. The SMILES string of the molecule is CI1CCOCC1. The summed E-state index contributed by atoms with van der Waals surface area (Å²) >= 11 is -0.364. The zero-order valence-corrected chi connectivity index (χ0v) is 6.77. The van der Waals surface area contributed by atoms with Gasteiger partial charge >= 0.3 is 51.6 Å². The van der Waals surface area contributed by atoms with E-state index in [0.29, 0.717) is 0 Å². The molecule has 1 aliphatic heterocycles. The van der Waals surface area contributed by atoms with Crippen molar-refractivity contribution in [2.75, 3.05) is 27.0 Å². The van der Waals surface area contributed by atoms with Crippen molar-refractivity contribution < 1.29 is 4.74 Å². The molecule has 0 aromatic heterocycles. The van der Waals surface area contributed by atoms with Gasteiger partial charge in [0.05, 0.1) is 0 Å². The van der Waals surface area contributed by atoms with Gasteiger partial charge in [-0.2, -0.15) is 0 Å². The Kier molecular flexibility index (Phi) is 2.38. The predicted molar refractivity (Wildman–Crippen MR) is 40.5 cm³/mol. The van der Waals surface area contributed by atoms with Crippen molar-refractivity contribution in [1.29, 1.82) is 0 Å². The third-order valence-corrected chi connectivity index (χ3v) is 5.65. The quantitative estimate of drug-likeness (QED) is 0.434. The second kappa shape index (κ2) is 2.87. The van der Waals surface area contributed by atoms with Gasteiger partial charge in [0.2, 0.25) is 0 Å². The summed E-state index contributed by atoms with van der Waals surface area (Å²) < 4.78 is 8.02. The number of hydrogen-bond acceptors (Lipinski definition) is 1. The van der Waals surface area contributed by atoms with E-state index in [0.717, 1.165) is 13.2 Å². The Labute approximate surface area is 51.8 Å². The molecule has 0 atom stereocenters. The van der Waals surface area contributed by atoms with Crippen molar-refractivity contribution in [2.24, 2.45) is 0 Å². The van der Waals surface area contributed by atoms with Gasteiger partial charge in [0.15, 0.2) is 0 Å². The molecular weight excluding hydrogens is 203 g/mol. The van der Waals surface area contributed by atoms with E-state index >= 15 is 0 Å². The molecule has 0 bridgehead atoms. The van der Waals surface area contributed by atoms with Crippen molar-refractivity contribution in [3.05, 3.63) is 0 Å². The third kappa shape index (κ3) is 1.95. The summed E-state index contributed by atoms with van der Waals surface area (Å²) in [6.07, 6.45) is 0. The van der Waals surface area contributed by atoms with Crippen LogP contribution < -0.4 is 0 Å². The fourth-order valence-electron chi connectivity index (χ4n) is 0.569. The van der Waals surface area contributed by atoms with Crippen LogP contribution in [0, 0.1) is 0 Å². The molecule has 1 saturated heterocycles. The van der Waals surface area contributed by atoms with Crippen LogP contribution >= 0.6 is 19.8 Å². The van der Waals surface area contributed by atoms with Crippen LogP contribution in [0.2, 0.25) is 0 Å². The van der Waals surface area contributed by atoms with Gasteiger partial charge in [0.1, 0.15) is 0 Å². The van der Waals surface area contributed by atoms with E-state index in [1.54, 1.807) is 0 Å². The van der Waals surface area contributed by atoms with Gasteiger partial charge in [0.25, 0.3) is 0 Å². The summed E-state index contributed by atoms with van der Waals surface area (Å²) in [4.78, 5) is 2.44. The molecule has 1 heterocycles.